The Kier molecular flexibility index (Phi) is 2.20. The summed E-state index contributed by atoms with van der Waals surface area (Å²) < 4.78 is 0. The van der Waals surface area contributed by atoms with Crippen LogP contribution >= 0.6 is 0 Å². The molecule has 0 saturated carbocycles. The first-order chi connectivity index (χ1) is 8.38. The van der Waals surface area contributed by atoms with Gasteiger partial charge in [0.2, 0.25) is 0 Å². The summed E-state index contributed by atoms with van der Waals surface area (Å²) in [5.74, 6) is 6.66. The first-order valence-corrected chi connectivity index (χ1v) is 5.11. The molecule has 3 rings (SSSR count). The Balaban J connectivity index is 2.20. The normalized spacial score (nSPS) is 10.6. The molecule has 0 fully saturated rings. The molecule has 84 valence electrons. The fourth-order valence-corrected chi connectivity index (χ4v) is 1.67. The van der Waals surface area contributed by atoms with Crippen molar-refractivity contribution in [1.82, 2.24) is 19.9 Å². The third-order valence-corrected chi connectivity index (χ3v) is 2.47. The number of H-pyrrole nitrogens is 1. The summed E-state index contributed by atoms with van der Waals surface area (Å²) >= 11 is 0. The van der Waals surface area contributed by atoms with Crippen molar-refractivity contribution < 1.29 is 0 Å². The summed E-state index contributed by atoms with van der Waals surface area (Å²) in [4.78, 5) is 15.6. The number of nitrogens with zero attached hydrogens (tertiary/aromatic N) is 3. The highest BCUT2D eigenvalue weighted by Crippen LogP contribution is 2.21. The minimum atomic E-state index is 0.532. The van der Waals surface area contributed by atoms with Crippen molar-refractivity contribution >= 4 is 17.0 Å². The predicted molar refractivity (Wildman–Crippen MR) is 64.9 cm³/mol. The van der Waals surface area contributed by atoms with Gasteiger partial charge in [-0.05, 0) is 0 Å². The summed E-state index contributed by atoms with van der Waals surface area (Å²) in [6.07, 6.45) is 1.42. The Hall–Kier alpha value is -2.47. The first-order valence-electron chi connectivity index (χ1n) is 5.11. The maximum absolute atomic E-state index is 5.38. The summed E-state index contributed by atoms with van der Waals surface area (Å²) in [5.41, 5.74) is 4.80. The largest absolute Gasteiger partial charge is 0.333 e. The number of hydrogen-bond donors (Lipinski definition) is 3. The Morgan fingerprint density at radius 1 is 1.12 bits per heavy atom. The van der Waals surface area contributed by atoms with Crippen molar-refractivity contribution in [1.29, 1.82) is 0 Å². The number of aromatic nitrogens is 4. The number of fused-ring (bicyclic) bond motifs is 1. The number of benzene rings is 1. The maximum atomic E-state index is 5.38. The van der Waals surface area contributed by atoms with Crippen molar-refractivity contribution in [3.8, 4) is 11.4 Å². The number of anilines is 1. The van der Waals surface area contributed by atoms with Crippen LogP contribution < -0.4 is 11.3 Å². The lowest BCUT2D eigenvalue weighted by atomic mass is 10.2. The van der Waals surface area contributed by atoms with Gasteiger partial charge in [-0.25, -0.2) is 20.8 Å². The lowest BCUT2D eigenvalue weighted by molar-refractivity contribution is 1.17. The molecule has 17 heavy (non-hydrogen) atoms. The molecule has 4 N–H and O–H groups in total. The molecule has 0 aliphatic carbocycles. The molecule has 3 aromatic rings. The van der Waals surface area contributed by atoms with Gasteiger partial charge in [-0.2, -0.15) is 0 Å². The van der Waals surface area contributed by atoms with E-state index in [0.717, 1.165) is 11.4 Å². The SMILES string of the molecule is NNc1ncnc2nc(-c3ccccc3)[nH]c12. The lowest BCUT2D eigenvalue weighted by Gasteiger charge is -1.97. The second-order valence-electron chi connectivity index (χ2n) is 3.52. The molecule has 0 amide bonds. The zero-order chi connectivity index (χ0) is 11.7. The van der Waals surface area contributed by atoms with Crippen LogP contribution in [0.2, 0.25) is 0 Å². The summed E-state index contributed by atoms with van der Waals surface area (Å²) in [6, 6.07) is 9.81. The molecular weight excluding hydrogens is 216 g/mol. The van der Waals surface area contributed by atoms with Gasteiger partial charge in [-0.3, -0.25) is 0 Å². The molecule has 0 bridgehead atoms. The fourth-order valence-electron chi connectivity index (χ4n) is 1.67. The second-order valence-corrected chi connectivity index (χ2v) is 3.52. The van der Waals surface area contributed by atoms with Crippen LogP contribution in [0.25, 0.3) is 22.6 Å². The monoisotopic (exact) mass is 226 g/mol. The highest BCUT2D eigenvalue weighted by atomic mass is 15.3. The molecule has 0 radical (unpaired) electrons. The molecular formula is C11H10N6. The number of nitrogens with one attached hydrogen (secondary N) is 2. The van der Waals surface area contributed by atoms with Gasteiger partial charge in [-0.1, -0.05) is 30.3 Å². The summed E-state index contributed by atoms with van der Waals surface area (Å²) in [7, 11) is 0. The third kappa shape index (κ3) is 1.60. The number of nitrogen functional groups attached to an aromatic ring is 1. The van der Waals surface area contributed by atoms with Crippen molar-refractivity contribution in [3.63, 3.8) is 0 Å². The highest BCUT2D eigenvalue weighted by molar-refractivity contribution is 5.85. The van der Waals surface area contributed by atoms with Crippen LogP contribution in [0.5, 0.6) is 0 Å². The van der Waals surface area contributed by atoms with Crippen LogP contribution in [-0.4, -0.2) is 19.9 Å². The average Bonchev–Trinajstić information content (AvgIpc) is 2.83. The number of aromatic amines is 1. The van der Waals surface area contributed by atoms with Crippen LogP contribution in [-0.2, 0) is 0 Å². The van der Waals surface area contributed by atoms with Gasteiger partial charge >= 0.3 is 0 Å². The smallest absolute Gasteiger partial charge is 0.183 e. The predicted octanol–water partition coefficient (Wildman–Crippen LogP) is 1.31. The summed E-state index contributed by atoms with van der Waals surface area (Å²) in [6.45, 7) is 0. The molecule has 2 heterocycles. The molecule has 6 heteroatoms. The van der Waals surface area contributed by atoms with Crippen molar-refractivity contribution in [3.05, 3.63) is 36.7 Å². The number of hydrogen-bond acceptors (Lipinski definition) is 5. The van der Waals surface area contributed by atoms with Crippen LogP contribution in [0.15, 0.2) is 36.7 Å². The van der Waals surface area contributed by atoms with E-state index < -0.39 is 0 Å². The minimum Gasteiger partial charge on any atom is -0.333 e. The highest BCUT2D eigenvalue weighted by Gasteiger charge is 2.09. The molecule has 0 aliphatic heterocycles. The Labute approximate surface area is 96.9 Å². The van der Waals surface area contributed by atoms with Gasteiger partial charge in [0, 0.05) is 5.56 Å². The third-order valence-electron chi connectivity index (χ3n) is 2.47. The van der Waals surface area contributed by atoms with Crippen LogP contribution in [0.1, 0.15) is 0 Å². The van der Waals surface area contributed by atoms with E-state index in [1.807, 2.05) is 30.3 Å². The zero-order valence-electron chi connectivity index (χ0n) is 8.88. The molecule has 1 aromatic carbocycles. The van der Waals surface area contributed by atoms with E-state index in [1.54, 1.807) is 0 Å². The number of nitrogens with two attached hydrogens (primary N) is 1. The van der Waals surface area contributed by atoms with E-state index in [9.17, 15) is 0 Å². The molecule has 6 nitrogen and oxygen atoms in total. The van der Waals surface area contributed by atoms with Gasteiger partial charge < -0.3 is 10.4 Å². The van der Waals surface area contributed by atoms with E-state index in [2.05, 4.69) is 25.4 Å². The molecule has 0 spiro atoms. The van der Waals surface area contributed by atoms with Gasteiger partial charge in [0.05, 0.1) is 0 Å². The van der Waals surface area contributed by atoms with E-state index in [-0.39, 0.29) is 0 Å². The van der Waals surface area contributed by atoms with Crippen molar-refractivity contribution in [2.45, 2.75) is 0 Å². The number of rotatable bonds is 2. The molecule has 2 aromatic heterocycles. The lowest BCUT2D eigenvalue weighted by Crippen LogP contribution is -2.09. The Bertz CT molecular complexity index is 645. The van der Waals surface area contributed by atoms with E-state index in [1.165, 1.54) is 6.33 Å². The Morgan fingerprint density at radius 3 is 2.71 bits per heavy atom. The van der Waals surface area contributed by atoms with E-state index in [0.29, 0.717) is 17.0 Å². The topological polar surface area (TPSA) is 92.5 Å². The molecule has 0 unspecified atom stereocenters. The maximum Gasteiger partial charge on any atom is 0.183 e. The van der Waals surface area contributed by atoms with Gasteiger partial charge in [0.25, 0.3) is 0 Å². The zero-order valence-corrected chi connectivity index (χ0v) is 8.88. The quantitative estimate of drug-likeness (QED) is 0.452. The standard InChI is InChI=1S/C11H10N6/c12-17-11-8-10(13-6-14-11)16-9(15-8)7-4-2-1-3-5-7/h1-6H,12H2,(H2,13,14,15,16,17). The van der Waals surface area contributed by atoms with Crippen molar-refractivity contribution in [2.75, 3.05) is 5.43 Å². The van der Waals surface area contributed by atoms with Gasteiger partial charge in [0.1, 0.15) is 17.7 Å². The van der Waals surface area contributed by atoms with E-state index >= 15 is 0 Å². The van der Waals surface area contributed by atoms with Gasteiger partial charge in [0.15, 0.2) is 11.5 Å². The molecule has 0 atom stereocenters. The molecule has 0 saturated heterocycles. The summed E-state index contributed by atoms with van der Waals surface area (Å²) in [5, 5.41) is 0. The van der Waals surface area contributed by atoms with Gasteiger partial charge in [-0.15, -0.1) is 0 Å². The fraction of sp³-hybridized carbons (Fsp3) is 0. The second kappa shape index (κ2) is 3.84. The average molecular weight is 226 g/mol. The van der Waals surface area contributed by atoms with Crippen LogP contribution in [0.3, 0.4) is 0 Å². The van der Waals surface area contributed by atoms with Crippen molar-refractivity contribution in [2.24, 2.45) is 5.84 Å². The Morgan fingerprint density at radius 2 is 1.94 bits per heavy atom. The van der Waals surface area contributed by atoms with Crippen LogP contribution in [0.4, 0.5) is 5.82 Å². The van der Waals surface area contributed by atoms with E-state index in [4.69, 9.17) is 5.84 Å². The number of hydrazine groups is 1. The number of imidazole rings is 1. The first kappa shape index (κ1) is 9.73. The van der Waals surface area contributed by atoms with Crippen LogP contribution in [0, 0.1) is 0 Å². The molecule has 0 aliphatic rings. The minimum absolute atomic E-state index is 0.532.